The van der Waals surface area contributed by atoms with E-state index in [1.165, 1.54) is 11.3 Å². The highest BCUT2D eigenvalue weighted by atomic mass is 32.1. The van der Waals surface area contributed by atoms with Gasteiger partial charge in [0.1, 0.15) is 11.4 Å². The van der Waals surface area contributed by atoms with E-state index < -0.39 is 6.04 Å². The van der Waals surface area contributed by atoms with Crippen molar-refractivity contribution in [3.05, 3.63) is 11.6 Å². The standard InChI is InChI=1S/C20H27N9O2S/c1-12(21)18(30)27-4-2-13(3-5-27)29-17-14(10-23-29)16(15-11-32-19(22)24-15)25-20(26-17)28-6-8-31-9-7-28/h10-13H,2-9,21H2,1H3,(H2,22,24)/t12-/m0/s1. The van der Waals surface area contributed by atoms with Crippen molar-refractivity contribution >= 4 is 39.4 Å². The summed E-state index contributed by atoms with van der Waals surface area (Å²) in [6, 6.07) is -0.334. The summed E-state index contributed by atoms with van der Waals surface area (Å²) in [5.41, 5.74) is 13.9. The van der Waals surface area contributed by atoms with Crippen molar-refractivity contribution in [3.8, 4) is 11.4 Å². The smallest absolute Gasteiger partial charge is 0.239 e. The summed E-state index contributed by atoms with van der Waals surface area (Å²) in [7, 11) is 0. The van der Waals surface area contributed by atoms with Crippen LogP contribution < -0.4 is 16.4 Å². The number of likely N-dealkylation sites (tertiary alicyclic amines) is 1. The van der Waals surface area contributed by atoms with Gasteiger partial charge in [0.25, 0.3) is 0 Å². The van der Waals surface area contributed by atoms with Gasteiger partial charge in [-0.3, -0.25) is 4.79 Å². The first-order chi connectivity index (χ1) is 15.5. The molecule has 2 aliphatic rings. The van der Waals surface area contributed by atoms with E-state index in [1.54, 1.807) is 6.92 Å². The molecule has 1 amide bonds. The summed E-state index contributed by atoms with van der Waals surface area (Å²) >= 11 is 1.39. The van der Waals surface area contributed by atoms with Crippen LogP contribution in [0.3, 0.4) is 0 Å². The molecule has 32 heavy (non-hydrogen) atoms. The summed E-state index contributed by atoms with van der Waals surface area (Å²) in [6.07, 6.45) is 3.40. The lowest BCUT2D eigenvalue weighted by molar-refractivity contribution is -0.133. The monoisotopic (exact) mass is 457 g/mol. The first kappa shape index (κ1) is 21.0. The molecule has 1 atom stereocenters. The van der Waals surface area contributed by atoms with Crippen LogP contribution >= 0.6 is 11.3 Å². The largest absolute Gasteiger partial charge is 0.378 e. The normalized spacial score (nSPS) is 18.9. The zero-order valence-electron chi connectivity index (χ0n) is 18.0. The summed E-state index contributed by atoms with van der Waals surface area (Å²) in [5, 5.41) is 7.95. The number of hydrogen-bond donors (Lipinski definition) is 2. The molecule has 170 valence electrons. The Hall–Kier alpha value is -2.83. The molecule has 2 fully saturated rings. The molecular weight excluding hydrogens is 430 g/mol. The number of ether oxygens (including phenoxy) is 1. The predicted octanol–water partition coefficient (Wildman–Crippen LogP) is 0.879. The lowest BCUT2D eigenvalue weighted by Gasteiger charge is -2.33. The van der Waals surface area contributed by atoms with Crippen LogP contribution in [-0.2, 0) is 9.53 Å². The fourth-order valence-electron chi connectivity index (χ4n) is 4.30. The van der Waals surface area contributed by atoms with E-state index in [4.69, 9.17) is 31.3 Å². The maximum absolute atomic E-state index is 12.3. The number of hydrogen-bond acceptors (Lipinski definition) is 10. The Bertz CT molecular complexity index is 1110. The summed E-state index contributed by atoms with van der Waals surface area (Å²) in [5.74, 6) is 0.641. The van der Waals surface area contributed by atoms with Gasteiger partial charge in [-0.25, -0.2) is 14.6 Å². The molecule has 3 aromatic rings. The molecule has 0 bridgehead atoms. The van der Waals surface area contributed by atoms with Crippen LogP contribution in [-0.4, -0.2) is 81.0 Å². The van der Waals surface area contributed by atoms with Crippen LogP contribution in [0.25, 0.3) is 22.4 Å². The molecule has 0 aliphatic carbocycles. The molecule has 12 heteroatoms. The van der Waals surface area contributed by atoms with E-state index >= 15 is 0 Å². The minimum Gasteiger partial charge on any atom is -0.378 e. The summed E-state index contributed by atoms with van der Waals surface area (Å²) < 4.78 is 7.47. The Morgan fingerprint density at radius 3 is 2.59 bits per heavy atom. The minimum absolute atomic E-state index is 0.00545. The van der Waals surface area contributed by atoms with E-state index in [0.29, 0.717) is 37.4 Å². The van der Waals surface area contributed by atoms with Gasteiger partial charge in [0.05, 0.1) is 36.9 Å². The van der Waals surface area contributed by atoms with Gasteiger partial charge in [-0.1, -0.05) is 0 Å². The Balaban J connectivity index is 1.51. The molecule has 2 saturated heterocycles. The van der Waals surface area contributed by atoms with Gasteiger partial charge < -0.3 is 26.0 Å². The molecule has 5 heterocycles. The molecule has 0 aromatic carbocycles. The number of nitrogens with zero attached hydrogens (tertiary/aromatic N) is 7. The highest BCUT2D eigenvalue weighted by molar-refractivity contribution is 7.13. The third-order valence-corrected chi connectivity index (χ3v) is 6.69. The fraction of sp³-hybridized carbons (Fsp3) is 0.550. The van der Waals surface area contributed by atoms with Crippen molar-refractivity contribution in [2.45, 2.75) is 31.8 Å². The van der Waals surface area contributed by atoms with Gasteiger partial charge in [-0.2, -0.15) is 10.1 Å². The number of fused-ring (bicyclic) bond motifs is 1. The molecule has 0 spiro atoms. The van der Waals surface area contributed by atoms with Crippen molar-refractivity contribution in [2.75, 3.05) is 50.0 Å². The van der Waals surface area contributed by atoms with Gasteiger partial charge in [0.2, 0.25) is 11.9 Å². The molecule has 0 saturated carbocycles. The van der Waals surface area contributed by atoms with E-state index in [-0.39, 0.29) is 11.9 Å². The summed E-state index contributed by atoms with van der Waals surface area (Å²) in [4.78, 5) is 30.4. The first-order valence-corrected chi connectivity index (χ1v) is 11.7. The van der Waals surface area contributed by atoms with Crippen LogP contribution in [0.5, 0.6) is 0 Å². The summed E-state index contributed by atoms with van der Waals surface area (Å²) in [6.45, 7) is 5.79. The van der Waals surface area contributed by atoms with E-state index in [9.17, 15) is 4.79 Å². The number of morpholine rings is 1. The number of anilines is 2. The molecule has 2 aliphatic heterocycles. The Morgan fingerprint density at radius 2 is 1.94 bits per heavy atom. The third-order valence-electron chi connectivity index (χ3n) is 6.01. The molecule has 4 N–H and O–H groups in total. The molecule has 11 nitrogen and oxygen atoms in total. The van der Waals surface area contributed by atoms with Gasteiger partial charge >= 0.3 is 0 Å². The number of piperidine rings is 1. The average Bonchev–Trinajstić information content (AvgIpc) is 3.45. The topological polar surface area (TPSA) is 141 Å². The van der Waals surface area contributed by atoms with Crippen molar-refractivity contribution < 1.29 is 9.53 Å². The third kappa shape index (κ3) is 3.89. The fourth-order valence-corrected chi connectivity index (χ4v) is 4.84. The molecule has 3 aromatic heterocycles. The van der Waals surface area contributed by atoms with Crippen molar-refractivity contribution in [1.82, 2.24) is 29.6 Å². The Labute approximate surface area is 189 Å². The van der Waals surface area contributed by atoms with Crippen molar-refractivity contribution in [2.24, 2.45) is 5.73 Å². The molecular formula is C20H27N9O2S. The van der Waals surface area contributed by atoms with Gasteiger partial charge in [0.15, 0.2) is 10.8 Å². The lowest BCUT2D eigenvalue weighted by Crippen LogP contribution is -2.46. The number of aromatic nitrogens is 5. The Kier molecular flexibility index (Phi) is 5.66. The zero-order valence-corrected chi connectivity index (χ0v) is 18.8. The Morgan fingerprint density at radius 1 is 1.19 bits per heavy atom. The number of nitrogen functional groups attached to an aromatic ring is 1. The maximum atomic E-state index is 12.3. The van der Waals surface area contributed by atoms with E-state index in [0.717, 1.165) is 48.4 Å². The number of carbonyl (C=O) groups is 1. The second-order valence-electron chi connectivity index (χ2n) is 8.21. The zero-order chi connectivity index (χ0) is 22.2. The highest BCUT2D eigenvalue weighted by Crippen LogP contribution is 2.33. The number of amides is 1. The average molecular weight is 458 g/mol. The molecule has 0 radical (unpaired) electrons. The number of nitrogens with two attached hydrogens (primary N) is 2. The highest BCUT2D eigenvalue weighted by Gasteiger charge is 2.28. The van der Waals surface area contributed by atoms with Crippen LogP contribution in [0, 0.1) is 0 Å². The number of thiazole rings is 1. The van der Waals surface area contributed by atoms with Crippen LogP contribution in [0.1, 0.15) is 25.8 Å². The number of carbonyl (C=O) groups excluding carboxylic acids is 1. The number of rotatable bonds is 4. The van der Waals surface area contributed by atoms with Gasteiger partial charge in [-0.05, 0) is 19.8 Å². The van der Waals surface area contributed by atoms with Crippen LogP contribution in [0.15, 0.2) is 11.6 Å². The lowest BCUT2D eigenvalue weighted by atomic mass is 10.0. The molecule has 5 rings (SSSR count). The van der Waals surface area contributed by atoms with E-state index in [2.05, 4.69) is 9.88 Å². The van der Waals surface area contributed by atoms with Crippen LogP contribution in [0.2, 0.25) is 0 Å². The van der Waals surface area contributed by atoms with Crippen molar-refractivity contribution in [3.63, 3.8) is 0 Å². The minimum atomic E-state index is -0.478. The maximum Gasteiger partial charge on any atom is 0.239 e. The second-order valence-corrected chi connectivity index (χ2v) is 9.10. The predicted molar refractivity (Wildman–Crippen MR) is 122 cm³/mol. The molecule has 0 unspecified atom stereocenters. The van der Waals surface area contributed by atoms with Crippen molar-refractivity contribution in [1.29, 1.82) is 0 Å². The van der Waals surface area contributed by atoms with Gasteiger partial charge in [-0.15, -0.1) is 11.3 Å². The van der Waals surface area contributed by atoms with Crippen LogP contribution in [0.4, 0.5) is 11.1 Å². The first-order valence-electron chi connectivity index (χ1n) is 10.8. The SMILES string of the molecule is C[C@H](N)C(=O)N1CCC(n2ncc3c(-c4csc(N)n4)nc(N4CCOCC4)nc32)CC1. The quantitative estimate of drug-likeness (QED) is 0.584. The second kappa shape index (κ2) is 8.60. The van der Waals surface area contributed by atoms with Gasteiger partial charge in [0, 0.05) is 31.6 Å². The van der Waals surface area contributed by atoms with E-state index in [1.807, 2.05) is 21.2 Å².